The van der Waals surface area contributed by atoms with E-state index in [-0.39, 0.29) is 17.2 Å². The van der Waals surface area contributed by atoms with Crippen LogP contribution in [0.15, 0.2) is 24.5 Å². The van der Waals surface area contributed by atoms with E-state index >= 15 is 0 Å². The van der Waals surface area contributed by atoms with Crippen LogP contribution in [0.2, 0.25) is 0 Å². The van der Waals surface area contributed by atoms with Crippen LogP contribution in [0.3, 0.4) is 0 Å². The van der Waals surface area contributed by atoms with Gasteiger partial charge in [0.15, 0.2) is 17.2 Å². The van der Waals surface area contributed by atoms with Crippen LogP contribution in [0, 0.1) is 22.7 Å². The fourth-order valence-corrected chi connectivity index (χ4v) is 1.73. The predicted octanol–water partition coefficient (Wildman–Crippen LogP) is 1.40. The van der Waals surface area contributed by atoms with Crippen molar-refractivity contribution in [2.75, 3.05) is 5.73 Å². The largest absolute Gasteiger partial charge is 0.398 e. The number of ketones is 1. The van der Waals surface area contributed by atoms with E-state index in [1.807, 2.05) is 12.1 Å². The molecular formula is C13H9N5O. The van der Waals surface area contributed by atoms with Gasteiger partial charge in [-0.15, -0.1) is 0 Å². The Morgan fingerprint density at radius 1 is 1.37 bits per heavy atom. The van der Waals surface area contributed by atoms with Crippen LogP contribution >= 0.6 is 0 Å². The predicted molar refractivity (Wildman–Crippen MR) is 67.4 cm³/mol. The van der Waals surface area contributed by atoms with E-state index in [0.29, 0.717) is 16.9 Å². The lowest BCUT2D eigenvalue weighted by molar-refractivity contribution is 0.101. The number of hydrogen-bond donors (Lipinski definition) is 1. The van der Waals surface area contributed by atoms with Gasteiger partial charge < -0.3 is 5.73 Å². The first kappa shape index (κ1) is 12.3. The van der Waals surface area contributed by atoms with E-state index in [9.17, 15) is 4.79 Å². The first-order valence-corrected chi connectivity index (χ1v) is 5.37. The third-order valence-corrected chi connectivity index (χ3v) is 2.67. The Bertz CT molecular complexity index is 745. The summed E-state index contributed by atoms with van der Waals surface area (Å²) >= 11 is 0. The van der Waals surface area contributed by atoms with Gasteiger partial charge in [-0.25, -0.2) is 4.98 Å². The van der Waals surface area contributed by atoms with Gasteiger partial charge in [0.1, 0.15) is 18.5 Å². The molecule has 19 heavy (non-hydrogen) atoms. The molecule has 0 atom stereocenters. The van der Waals surface area contributed by atoms with Crippen molar-refractivity contribution in [1.82, 2.24) is 9.55 Å². The summed E-state index contributed by atoms with van der Waals surface area (Å²) in [7, 11) is 0. The summed E-state index contributed by atoms with van der Waals surface area (Å²) in [5.41, 5.74) is 7.18. The number of imidazole rings is 1. The molecule has 0 amide bonds. The van der Waals surface area contributed by atoms with E-state index in [1.54, 1.807) is 18.2 Å². The minimum Gasteiger partial charge on any atom is -0.398 e. The van der Waals surface area contributed by atoms with Gasteiger partial charge in [0, 0.05) is 16.9 Å². The number of anilines is 1. The number of aromatic nitrogens is 2. The Balaban J connectivity index is 2.65. The van der Waals surface area contributed by atoms with E-state index in [1.165, 1.54) is 17.8 Å². The molecule has 0 spiro atoms. The van der Waals surface area contributed by atoms with Crippen LogP contribution in [0.5, 0.6) is 0 Å². The zero-order valence-electron chi connectivity index (χ0n) is 10.1. The second-order valence-electron chi connectivity index (χ2n) is 3.86. The fourth-order valence-electron chi connectivity index (χ4n) is 1.73. The molecule has 1 aromatic heterocycles. The smallest absolute Gasteiger partial charge is 0.177 e. The van der Waals surface area contributed by atoms with Gasteiger partial charge in [-0.1, -0.05) is 0 Å². The summed E-state index contributed by atoms with van der Waals surface area (Å²) < 4.78 is 1.45. The highest BCUT2D eigenvalue weighted by molar-refractivity contribution is 5.99. The van der Waals surface area contributed by atoms with Gasteiger partial charge in [-0.3, -0.25) is 9.36 Å². The van der Waals surface area contributed by atoms with Crippen molar-refractivity contribution < 1.29 is 4.79 Å². The van der Waals surface area contributed by atoms with Crippen molar-refractivity contribution in [1.29, 1.82) is 10.5 Å². The summed E-state index contributed by atoms with van der Waals surface area (Å²) in [6, 6.07) is 8.57. The number of Topliss-reactive ketones (excluding diaryl/α,β-unsaturated/α-hetero) is 1. The van der Waals surface area contributed by atoms with E-state index < -0.39 is 0 Å². The summed E-state index contributed by atoms with van der Waals surface area (Å²) in [5.74, 6) is -0.168. The number of rotatable bonds is 2. The zero-order valence-corrected chi connectivity index (χ0v) is 10.1. The molecule has 6 nitrogen and oxygen atoms in total. The minimum atomic E-state index is -0.168. The fraction of sp³-hybridized carbons (Fsp3) is 0.0769. The second kappa shape index (κ2) is 4.63. The molecule has 2 rings (SSSR count). The van der Waals surface area contributed by atoms with E-state index in [2.05, 4.69) is 4.98 Å². The maximum absolute atomic E-state index is 11.4. The lowest BCUT2D eigenvalue weighted by atomic mass is 10.1. The highest BCUT2D eigenvalue weighted by atomic mass is 16.1. The van der Waals surface area contributed by atoms with E-state index in [4.69, 9.17) is 16.3 Å². The lowest BCUT2D eigenvalue weighted by Gasteiger charge is -2.07. The van der Waals surface area contributed by atoms with Crippen LogP contribution < -0.4 is 5.73 Å². The molecular weight excluding hydrogens is 242 g/mol. The summed E-state index contributed by atoms with van der Waals surface area (Å²) in [5, 5.41) is 17.9. The maximum Gasteiger partial charge on any atom is 0.177 e. The van der Waals surface area contributed by atoms with Gasteiger partial charge >= 0.3 is 0 Å². The van der Waals surface area contributed by atoms with Crippen molar-refractivity contribution in [3.8, 4) is 17.8 Å². The number of nitriles is 2. The molecule has 0 bridgehead atoms. The molecule has 0 saturated carbocycles. The molecule has 2 aromatic rings. The van der Waals surface area contributed by atoms with Crippen molar-refractivity contribution in [3.63, 3.8) is 0 Å². The Morgan fingerprint density at radius 2 is 2.11 bits per heavy atom. The standard InChI is InChI=1S/C13H9N5O/c1-8(19)10-4-9(2-3-11(10)16)18-7-17-12(5-14)13(18)6-15/h2-4,7H,16H2,1H3. The number of nitrogen functional groups attached to an aromatic ring is 1. The summed E-state index contributed by atoms with van der Waals surface area (Å²) in [4.78, 5) is 15.3. The average Bonchev–Trinajstić information content (AvgIpc) is 2.81. The molecule has 0 aliphatic rings. The van der Waals surface area contributed by atoms with Crippen molar-refractivity contribution in [2.45, 2.75) is 6.92 Å². The van der Waals surface area contributed by atoms with Gasteiger partial charge in [-0.05, 0) is 25.1 Å². The van der Waals surface area contributed by atoms with Crippen LogP contribution in [0.4, 0.5) is 5.69 Å². The normalized spacial score (nSPS) is 9.63. The molecule has 0 aliphatic heterocycles. The Hall–Kier alpha value is -3.12. The van der Waals surface area contributed by atoms with Gasteiger partial charge in [0.25, 0.3) is 0 Å². The molecule has 0 saturated heterocycles. The van der Waals surface area contributed by atoms with Crippen LogP contribution in [0.25, 0.3) is 5.69 Å². The molecule has 92 valence electrons. The SMILES string of the molecule is CC(=O)c1cc(-n2cnc(C#N)c2C#N)ccc1N. The van der Waals surface area contributed by atoms with Crippen molar-refractivity contribution in [3.05, 3.63) is 41.5 Å². The van der Waals surface area contributed by atoms with Crippen LogP contribution in [-0.4, -0.2) is 15.3 Å². The number of carbonyl (C=O) groups is 1. The van der Waals surface area contributed by atoms with Crippen molar-refractivity contribution in [2.24, 2.45) is 0 Å². The molecule has 0 radical (unpaired) electrons. The number of hydrogen-bond acceptors (Lipinski definition) is 5. The molecule has 2 N–H and O–H groups in total. The van der Waals surface area contributed by atoms with Gasteiger partial charge in [0.05, 0.1) is 0 Å². The number of nitrogens with two attached hydrogens (primary N) is 1. The lowest BCUT2D eigenvalue weighted by Crippen LogP contribution is -2.03. The average molecular weight is 251 g/mol. The van der Waals surface area contributed by atoms with Crippen LogP contribution in [-0.2, 0) is 0 Å². The van der Waals surface area contributed by atoms with Crippen LogP contribution in [0.1, 0.15) is 28.7 Å². The van der Waals surface area contributed by atoms with Crippen molar-refractivity contribution >= 4 is 11.5 Å². The first-order valence-electron chi connectivity index (χ1n) is 5.37. The molecule has 1 aromatic carbocycles. The van der Waals surface area contributed by atoms with Gasteiger partial charge in [0.2, 0.25) is 0 Å². The highest BCUT2D eigenvalue weighted by Crippen LogP contribution is 2.20. The number of benzene rings is 1. The molecule has 6 heteroatoms. The Morgan fingerprint density at radius 3 is 2.68 bits per heavy atom. The molecule has 0 aliphatic carbocycles. The van der Waals surface area contributed by atoms with E-state index in [0.717, 1.165) is 0 Å². The second-order valence-corrected chi connectivity index (χ2v) is 3.86. The number of nitrogens with zero attached hydrogens (tertiary/aromatic N) is 4. The highest BCUT2D eigenvalue weighted by Gasteiger charge is 2.13. The third-order valence-electron chi connectivity index (χ3n) is 2.67. The monoisotopic (exact) mass is 251 g/mol. The minimum absolute atomic E-state index is 0.0451. The zero-order chi connectivity index (χ0) is 14.0. The first-order chi connectivity index (χ1) is 9.08. The van der Waals surface area contributed by atoms with Gasteiger partial charge in [-0.2, -0.15) is 10.5 Å². The number of carbonyl (C=O) groups excluding carboxylic acids is 1. The molecule has 0 unspecified atom stereocenters. The molecule has 0 fully saturated rings. The third kappa shape index (κ3) is 2.03. The summed E-state index contributed by atoms with van der Waals surface area (Å²) in [6.07, 6.45) is 1.37. The maximum atomic E-state index is 11.4. The molecule has 1 heterocycles. The Labute approximate surface area is 109 Å². The Kier molecular flexibility index (Phi) is 3.01. The summed E-state index contributed by atoms with van der Waals surface area (Å²) in [6.45, 7) is 1.41. The quantitative estimate of drug-likeness (QED) is 0.641. The topological polar surface area (TPSA) is 108 Å².